The van der Waals surface area contributed by atoms with Gasteiger partial charge < -0.3 is 19.8 Å². The van der Waals surface area contributed by atoms with Gasteiger partial charge in [0.05, 0.1) is 6.10 Å². The van der Waals surface area contributed by atoms with Gasteiger partial charge in [-0.3, -0.25) is 4.57 Å². The lowest BCUT2D eigenvalue weighted by Gasteiger charge is -2.25. The first-order valence-electron chi connectivity index (χ1n) is 15.3. The monoisotopic (exact) mass is 531 g/mol. The molecule has 0 heterocycles. The van der Waals surface area contributed by atoms with Crippen molar-refractivity contribution < 1.29 is 19.5 Å². The van der Waals surface area contributed by atoms with Crippen LogP contribution in [0.25, 0.3) is 0 Å². The third kappa shape index (κ3) is 26.9. The van der Waals surface area contributed by atoms with Gasteiger partial charge in [-0.2, -0.15) is 0 Å². The molecule has 0 aliphatic carbocycles. The van der Waals surface area contributed by atoms with Gasteiger partial charge in [0.1, 0.15) is 0 Å². The van der Waals surface area contributed by atoms with Crippen molar-refractivity contribution in [2.45, 2.75) is 148 Å². The number of likely N-dealkylation sites (N-methyl/N-ethyl adjacent to an activating group) is 1. The second kappa shape index (κ2) is 25.1. The van der Waals surface area contributed by atoms with E-state index in [1.54, 1.807) is 0 Å². The van der Waals surface area contributed by atoms with Crippen molar-refractivity contribution in [2.75, 3.05) is 26.8 Å². The van der Waals surface area contributed by atoms with Crippen LogP contribution in [0.3, 0.4) is 0 Å². The summed E-state index contributed by atoms with van der Waals surface area (Å²) in [6.07, 6.45) is 30.2. The van der Waals surface area contributed by atoms with Crippen molar-refractivity contribution in [2.24, 2.45) is 5.92 Å². The molecule has 0 aromatic rings. The Bertz CT molecular complexity index is 535. The number of nitrogens with zero attached hydrogens (tertiary/aromatic N) is 1. The first-order chi connectivity index (χ1) is 17.3. The molecule has 6 heteroatoms. The molecule has 0 bridgehead atoms. The topological polar surface area (TPSA) is 81.0 Å². The molecule has 0 aromatic carbocycles. The molecule has 0 fully saturated rings. The Morgan fingerprint density at radius 2 is 1.08 bits per heavy atom. The van der Waals surface area contributed by atoms with Crippen molar-refractivity contribution in [3.05, 3.63) is 12.2 Å². The van der Waals surface area contributed by atoms with Crippen LogP contribution in [0.1, 0.15) is 142 Å². The van der Waals surface area contributed by atoms with Crippen LogP contribution in [0, 0.1) is 5.92 Å². The summed E-state index contributed by atoms with van der Waals surface area (Å²) in [5.41, 5.74) is 0. The minimum absolute atomic E-state index is 0.0753. The van der Waals surface area contributed by atoms with E-state index in [9.17, 15) is 9.67 Å². The summed E-state index contributed by atoms with van der Waals surface area (Å²) in [6, 6.07) is 0. The molecule has 0 aromatic heterocycles. The SMILES string of the molecule is CCCCCCCCC=CCCCCCCCCCCCCC(CCCP(=O)(O)O)C(O)CN(C)C. The second-order valence-electron chi connectivity index (χ2n) is 11.3. The molecule has 0 rings (SSSR count). The lowest BCUT2D eigenvalue weighted by Crippen LogP contribution is -2.32. The van der Waals surface area contributed by atoms with Crippen LogP contribution in [0.4, 0.5) is 0 Å². The molecule has 0 aliphatic rings. The van der Waals surface area contributed by atoms with Crippen LogP contribution in [0.15, 0.2) is 12.2 Å². The minimum Gasteiger partial charge on any atom is -0.392 e. The van der Waals surface area contributed by atoms with E-state index >= 15 is 0 Å². The number of rotatable bonds is 27. The van der Waals surface area contributed by atoms with Gasteiger partial charge in [-0.1, -0.05) is 109 Å². The van der Waals surface area contributed by atoms with E-state index in [1.165, 1.54) is 109 Å². The highest BCUT2D eigenvalue weighted by molar-refractivity contribution is 7.51. The summed E-state index contributed by atoms with van der Waals surface area (Å²) in [4.78, 5) is 20.2. The number of hydrogen-bond acceptors (Lipinski definition) is 3. The van der Waals surface area contributed by atoms with Crippen LogP contribution < -0.4 is 0 Å². The third-order valence-corrected chi connectivity index (χ3v) is 8.11. The van der Waals surface area contributed by atoms with E-state index in [1.807, 2.05) is 19.0 Å². The highest BCUT2D eigenvalue weighted by atomic mass is 31.2. The molecule has 0 saturated heterocycles. The highest BCUT2D eigenvalue weighted by Crippen LogP contribution is 2.36. The Balaban J connectivity index is 3.62. The number of aliphatic hydroxyl groups excluding tert-OH is 1. The summed E-state index contributed by atoms with van der Waals surface area (Å²) < 4.78 is 11.1. The van der Waals surface area contributed by atoms with E-state index in [2.05, 4.69) is 19.1 Å². The van der Waals surface area contributed by atoms with Crippen molar-refractivity contribution in [1.82, 2.24) is 4.90 Å². The van der Waals surface area contributed by atoms with Crippen LogP contribution >= 0.6 is 7.60 Å². The van der Waals surface area contributed by atoms with Crippen molar-refractivity contribution >= 4 is 7.60 Å². The molecule has 0 aliphatic heterocycles. The number of allylic oxidation sites excluding steroid dienone is 2. The average molecular weight is 532 g/mol. The number of aliphatic hydroxyl groups is 1. The predicted octanol–water partition coefficient (Wildman–Crippen LogP) is 8.47. The Morgan fingerprint density at radius 1 is 0.667 bits per heavy atom. The summed E-state index contributed by atoms with van der Waals surface area (Å²) in [6.45, 7) is 2.88. The highest BCUT2D eigenvalue weighted by Gasteiger charge is 2.21. The van der Waals surface area contributed by atoms with Crippen LogP contribution in [-0.4, -0.2) is 52.7 Å². The van der Waals surface area contributed by atoms with Gasteiger partial charge in [-0.15, -0.1) is 0 Å². The molecule has 36 heavy (non-hydrogen) atoms. The molecule has 0 saturated carbocycles. The van der Waals surface area contributed by atoms with E-state index in [-0.39, 0.29) is 12.1 Å². The summed E-state index contributed by atoms with van der Waals surface area (Å²) >= 11 is 0. The van der Waals surface area contributed by atoms with E-state index in [0.29, 0.717) is 19.4 Å². The van der Waals surface area contributed by atoms with Gasteiger partial charge in [0.25, 0.3) is 0 Å². The zero-order chi connectivity index (χ0) is 26.9. The van der Waals surface area contributed by atoms with Crippen molar-refractivity contribution in [3.63, 3.8) is 0 Å². The maximum absolute atomic E-state index is 11.1. The first-order valence-corrected chi connectivity index (χ1v) is 17.1. The Morgan fingerprint density at radius 3 is 1.53 bits per heavy atom. The van der Waals surface area contributed by atoms with Gasteiger partial charge in [-0.05, 0) is 65.0 Å². The fourth-order valence-corrected chi connectivity index (χ4v) is 5.57. The van der Waals surface area contributed by atoms with Crippen LogP contribution in [0.5, 0.6) is 0 Å². The lowest BCUT2D eigenvalue weighted by atomic mass is 9.90. The maximum Gasteiger partial charge on any atom is 0.325 e. The standard InChI is InChI=1S/C30H62NO4P/c1-4-5-6-7-8-9-10-11-12-13-14-15-16-17-18-19-20-21-22-23-25-29(30(32)28-31(2)3)26-24-27-36(33,34)35/h11-12,29-30,32H,4-10,13-28H2,1-3H3,(H2,33,34,35). The van der Waals surface area contributed by atoms with E-state index in [4.69, 9.17) is 9.79 Å². The smallest absolute Gasteiger partial charge is 0.325 e. The maximum atomic E-state index is 11.1. The van der Waals surface area contributed by atoms with Gasteiger partial charge in [0.15, 0.2) is 0 Å². The lowest BCUT2D eigenvalue weighted by molar-refractivity contribution is 0.0693. The molecule has 0 radical (unpaired) electrons. The van der Waals surface area contributed by atoms with Gasteiger partial charge in [-0.25, -0.2) is 0 Å². The van der Waals surface area contributed by atoms with Crippen molar-refractivity contribution in [3.8, 4) is 0 Å². The normalized spacial score (nSPS) is 14.2. The number of hydrogen-bond donors (Lipinski definition) is 3. The fourth-order valence-electron chi connectivity index (χ4n) is 4.97. The molecule has 0 spiro atoms. The van der Waals surface area contributed by atoms with Crippen LogP contribution in [-0.2, 0) is 4.57 Å². The molecule has 2 unspecified atom stereocenters. The molecular weight excluding hydrogens is 469 g/mol. The molecule has 5 nitrogen and oxygen atoms in total. The molecule has 3 N–H and O–H groups in total. The Labute approximate surface area is 224 Å². The summed E-state index contributed by atoms with van der Waals surface area (Å²) in [7, 11) is -0.0440. The zero-order valence-corrected chi connectivity index (χ0v) is 25.1. The second-order valence-corrected chi connectivity index (χ2v) is 13.0. The van der Waals surface area contributed by atoms with Crippen LogP contribution in [0.2, 0.25) is 0 Å². The van der Waals surface area contributed by atoms with Gasteiger partial charge in [0.2, 0.25) is 0 Å². The average Bonchev–Trinajstić information content (AvgIpc) is 2.80. The Hall–Kier alpha value is -0.190. The summed E-state index contributed by atoms with van der Waals surface area (Å²) in [5.74, 6) is 0.129. The zero-order valence-electron chi connectivity index (χ0n) is 24.2. The molecule has 0 amide bonds. The molecule has 2 atom stereocenters. The van der Waals surface area contributed by atoms with Gasteiger partial charge >= 0.3 is 7.60 Å². The van der Waals surface area contributed by atoms with Crippen molar-refractivity contribution in [1.29, 1.82) is 0 Å². The summed E-state index contributed by atoms with van der Waals surface area (Å²) in [5, 5.41) is 10.5. The Kier molecular flexibility index (Phi) is 25.0. The third-order valence-electron chi connectivity index (χ3n) is 7.21. The fraction of sp³-hybridized carbons (Fsp3) is 0.933. The largest absolute Gasteiger partial charge is 0.392 e. The minimum atomic E-state index is -3.94. The molecular formula is C30H62NO4P. The number of unbranched alkanes of at least 4 members (excludes halogenated alkanes) is 16. The quantitative estimate of drug-likeness (QED) is 0.0562. The van der Waals surface area contributed by atoms with E-state index in [0.717, 1.165) is 12.8 Å². The molecule has 216 valence electrons. The predicted molar refractivity (Wildman–Crippen MR) is 157 cm³/mol. The van der Waals surface area contributed by atoms with E-state index < -0.39 is 13.7 Å². The van der Waals surface area contributed by atoms with Gasteiger partial charge in [0, 0.05) is 12.7 Å². The first kappa shape index (κ1) is 35.8.